The van der Waals surface area contributed by atoms with E-state index in [2.05, 4.69) is 61.6 Å². The van der Waals surface area contributed by atoms with Crippen LogP contribution in [0.3, 0.4) is 0 Å². The lowest BCUT2D eigenvalue weighted by Gasteiger charge is -2.43. The molecule has 4 heteroatoms. The monoisotopic (exact) mass is 384 g/mol. The average molecular weight is 385 g/mol. The maximum atomic E-state index is 6.50. The standard InChI is InChI=1S/C24H34NO3/c1-25(22(18-26-2)14-15-23(25)19-27-3)16-24(21-12-8-5-9-13-21)28-17-20-10-6-4-7-11-20/h4-13,22-24H,14-19H2,1-3H3/q+1/t22-,23-,24+/m1/s1. The van der Waals surface area contributed by atoms with Crippen LogP contribution in [0.2, 0.25) is 0 Å². The van der Waals surface area contributed by atoms with E-state index in [1.807, 2.05) is 6.07 Å². The highest BCUT2D eigenvalue weighted by Gasteiger charge is 2.47. The van der Waals surface area contributed by atoms with Crippen LogP contribution in [-0.4, -0.2) is 57.6 Å². The molecule has 0 unspecified atom stereocenters. The Balaban J connectivity index is 1.81. The summed E-state index contributed by atoms with van der Waals surface area (Å²) in [5.74, 6) is 0. The third-order valence-corrected chi connectivity index (χ3v) is 6.24. The minimum Gasteiger partial charge on any atom is -0.379 e. The van der Waals surface area contributed by atoms with Crippen LogP contribution in [0.1, 0.15) is 30.1 Å². The zero-order valence-electron chi connectivity index (χ0n) is 17.4. The van der Waals surface area contributed by atoms with Crippen LogP contribution in [0.15, 0.2) is 60.7 Å². The van der Waals surface area contributed by atoms with E-state index in [4.69, 9.17) is 14.2 Å². The summed E-state index contributed by atoms with van der Waals surface area (Å²) in [5.41, 5.74) is 2.44. The number of hydrogen-bond donors (Lipinski definition) is 0. The number of methoxy groups -OCH3 is 2. The predicted molar refractivity (Wildman–Crippen MR) is 112 cm³/mol. The Bertz CT molecular complexity index is 678. The highest BCUT2D eigenvalue weighted by Crippen LogP contribution is 2.35. The summed E-state index contributed by atoms with van der Waals surface area (Å²) in [5, 5.41) is 0. The summed E-state index contributed by atoms with van der Waals surface area (Å²) in [4.78, 5) is 0. The van der Waals surface area contributed by atoms with Crippen LogP contribution in [0.4, 0.5) is 0 Å². The van der Waals surface area contributed by atoms with Crippen molar-refractivity contribution >= 4 is 0 Å². The fraction of sp³-hybridized carbons (Fsp3) is 0.500. The largest absolute Gasteiger partial charge is 0.379 e. The second kappa shape index (κ2) is 10.2. The van der Waals surface area contributed by atoms with Gasteiger partial charge in [-0.15, -0.1) is 0 Å². The lowest BCUT2D eigenvalue weighted by molar-refractivity contribution is -0.947. The first kappa shape index (κ1) is 21.0. The van der Waals surface area contributed by atoms with Crippen molar-refractivity contribution in [3.05, 3.63) is 71.8 Å². The topological polar surface area (TPSA) is 27.7 Å². The lowest BCUT2D eigenvalue weighted by atomic mass is 10.1. The van der Waals surface area contributed by atoms with Crippen molar-refractivity contribution < 1.29 is 18.7 Å². The van der Waals surface area contributed by atoms with Crippen molar-refractivity contribution in [2.24, 2.45) is 0 Å². The van der Waals surface area contributed by atoms with E-state index in [1.54, 1.807) is 14.2 Å². The third kappa shape index (κ3) is 5.00. The molecule has 0 aromatic heterocycles. The normalized spacial score (nSPS) is 22.2. The molecule has 0 radical (unpaired) electrons. The van der Waals surface area contributed by atoms with E-state index in [1.165, 1.54) is 24.0 Å². The summed E-state index contributed by atoms with van der Waals surface area (Å²) in [7, 11) is 5.95. The highest BCUT2D eigenvalue weighted by atomic mass is 16.5. The molecule has 1 aliphatic rings. The highest BCUT2D eigenvalue weighted by molar-refractivity contribution is 5.18. The summed E-state index contributed by atoms with van der Waals surface area (Å²) in [6, 6.07) is 21.9. The van der Waals surface area contributed by atoms with E-state index in [0.717, 1.165) is 24.2 Å². The van der Waals surface area contributed by atoms with Gasteiger partial charge in [0.25, 0.3) is 0 Å². The first-order valence-corrected chi connectivity index (χ1v) is 10.2. The van der Waals surface area contributed by atoms with E-state index < -0.39 is 0 Å². The maximum absolute atomic E-state index is 6.50. The van der Waals surface area contributed by atoms with E-state index in [-0.39, 0.29) is 6.10 Å². The Labute approximate surface area is 169 Å². The van der Waals surface area contributed by atoms with Crippen LogP contribution < -0.4 is 0 Å². The fourth-order valence-corrected chi connectivity index (χ4v) is 4.51. The van der Waals surface area contributed by atoms with Gasteiger partial charge in [0.1, 0.15) is 24.7 Å². The number of benzene rings is 2. The minimum atomic E-state index is 0.0308. The molecule has 3 rings (SSSR count). The van der Waals surface area contributed by atoms with E-state index in [0.29, 0.717) is 18.7 Å². The Kier molecular flexibility index (Phi) is 7.63. The molecule has 1 aliphatic heterocycles. The number of hydrogen-bond acceptors (Lipinski definition) is 3. The van der Waals surface area contributed by atoms with E-state index in [9.17, 15) is 0 Å². The van der Waals surface area contributed by atoms with Gasteiger partial charge in [-0.1, -0.05) is 60.7 Å². The Morgan fingerprint density at radius 2 is 1.39 bits per heavy atom. The van der Waals surface area contributed by atoms with Crippen LogP contribution in [0, 0.1) is 0 Å². The summed E-state index contributed by atoms with van der Waals surface area (Å²) < 4.78 is 18.6. The van der Waals surface area contributed by atoms with Crippen LogP contribution in [0.25, 0.3) is 0 Å². The van der Waals surface area contributed by atoms with Crippen molar-refractivity contribution in [2.45, 2.75) is 37.6 Å². The molecule has 1 saturated heterocycles. The van der Waals surface area contributed by atoms with E-state index >= 15 is 0 Å². The minimum absolute atomic E-state index is 0.0308. The van der Waals surface area contributed by atoms with Gasteiger partial charge in [-0.2, -0.15) is 0 Å². The van der Waals surface area contributed by atoms with Gasteiger partial charge in [-0.05, 0) is 11.1 Å². The molecule has 2 aromatic rings. The number of likely N-dealkylation sites (tertiary alicyclic amines) is 1. The zero-order chi connectivity index (χ0) is 19.8. The quantitative estimate of drug-likeness (QED) is 0.574. The molecule has 0 saturated carbocycles. The molecule has 0 bridgehead atoms. The molecule has 0 amide bonds. The van der Waals surface area contributed by atoms with Crippen molar-refractivity contribution in [2.75, 3.05) is 41.0 Å². The van der Waals surface area contributed by atoms with Crippen molar-refractivity contribution in [3.8, 4) is 0 Å². The number of quaternary nitrogens is 1. The fourth-order valence-electron chi connectivity index (χ4n) is 4.51. The molecule has 1 heterocycles. The maximum Gasteiger partial charge on any atom is 0.132 e. The SMILES string of the molecule is COC[C@H]1CC[C@H](COC)[N+]1(C)C[C@H](OCc1ccccc1)c1ccccc1. The second-order valence-electron chi connectivity index (χ2n) is 8.02. The van der Waals surface area contributed by atoms with Gasteiger partial charge in [0.2, 0.25) is 0 Å². The van der Waals surface area contributed by atoms with Crippen LogP contribution in [-0.2, 0) is 20.8 Å². The summed E-state index contributed by atoms with van der Waals surface area (Å²) >= 11 is 0. The smallest absolute Gasteiger partial charge is 0.132 e. The predicted octanol–water partition coefficient (Wildman–Crippen LogP) is 4.21. The van der Waals surface area contributed by atoms with Gasteiger partial charge >= 0.3 is 0 Å². The number of rotatable bonds is 10. The van der Waals surface area contributed by atoms with Crippen molar-refractivity contribution in [1.29, 1.82) is 0 Å². The van der Waals surface area contributed by atoms with Gasteiger partial charge in [0, 0.05) is 27.1 Å². The number of ether oxygens (including phenoxy) is 3. The van der Waals surface area contributed by atoms with Gasteiger partial charge in [0.05, 0.1) is 26.9 Å². The molecular formula is C24H34NO3+. The molecular weight excluding hydrogens is 350 g/mol. The lowest BCUT2D eigenvalue weighted by Crippen LogP contribution is -2.58. The Morgan fingerprint density at radius 1 is 0.857 bits per heavy atom. The molecule has 152 valence electrons. The molecule has 28 heavy (non-hydrogen) atoms. The second-order valence-corrected chi connectivity index (χ2v) is 8.02. The third-order valence-electron chi connectivity index (χ3n) is 6.24. The Hall–Kier alpha value is -1.72. The van der Waals surface area contributed by atoms with Crippen molar-refractivity contribution in [3.63, 3.8) is 0 Å². The van der Waals surface area contributed by atoms with Crippen LogP contribution >= 0.6 is 0 Å². The van der Waals surface area contributed by atoms with Gasteiger partial charge < -0.3 is 18.7 Å². The van der Waals surface area contributed by atoms with Crippen molar-refractivity contribution in [1.82, 2.24) is 0 Å². The molecule has 1 fully saturated rings. The van der Waals surface area contributed by atoms with Crippen LogP contribution in [0.5, 0.6) is 0 Å². The molecule has 0 spiro atoms. The van der Waals surface area contributed by atoms with Gasteiger partial charge in [-0.3, -0.25) is 0 Å². The Morgan fingerprint density at radius 3 is 1.93 bits per heavy atom. The first-order chi connectivity index (χ1) is 13.7. The summed E-state index contributed by atoms with van der Waals surface area (Å²) in [6.07, 6.45) is 2.36. The summed E-state index contributed by atoms with van der Waals surface area (Å²) in [6.45, 7) is 3.08. The van der Waals surface area contributed by atoms with Gasteiger partial charge in [-0.25, -0.2) is 0 Å². The molecule has 2 aromatic carbocycles. The number of likely N-dealkylation sites (N-methyl/N-ethyl adjacent to an activating group) is 1. The zero-order valence-corrected chi connectivity index (χ0v) is 17.4. The average Bonchev–Trinajstić information content (AvgIpc) is 3.03. The van der Waals surface area contributed by atoms with Gasteiger partial charge in [0.15, 0.2) is 0 Å². The molecule has 0 aliphatic carbocycles. The first-order valence-electron chi connectivity index (χ1n) is 10.2. The molecule has 4 nitrogen and oxygen atoms in total. The molecule has 0 N–H and O–H groups in total. The number of nitrogens with zero attached hydrogens (tertiary/aromatic N) is 1. The molecule has 3 atom stereocenters.